The molecule has 0 aliphatic carbocycles. The molecule has 0 saturated carbocycles. The maximum absolute atomic E-state index is 5.52. The second-order valence-corrected chi connectivity index (χ2v) is 4.65. The van der Waals surface area contributed by atoms with Crippen molar-refractivity contribution >= 4 is 23.7 Å². The molecule has 1 fully saturated rings. The Balaban J connectivity index is 2.08. The number of aromatic nitrogens is 2. The molecule has 1 aliphatic heterocycles. The summed E-state index contributed by atoms with van der Waals surface area (Å²) in [4.78, 5) is 5.43. The average Bonchev–Trinajstić information content (AvgIpc) is 2.69. The van der Waals surface area contributed by atoms with Crippen LogP contribution in [0.4, 0.5) is 0 Å². The van der Waals surface area contributed by atoms with Crippen LogP contribution in [-0.2, 0) is 4.74 Å². The van der Waals surface area contributed by atoms with Crippen LogP contribution in [0.5, 0.6) is 0 Å². The van der Waals surface area contributed by atoms with E-state index in [2.05, 4.69) is 34.4 Å². The van der Waals surface area contributed by atoms with Gasteiger partial charge in [0.2, 0.25) is 0 Å². The molecule has 0 aromatic carbocycles. The van der Waals surface area contributed by atoms with Gasteiger partial charge in [-0.15, -0.1) is 12.6 Å². The zero-order chi connectivity index (χ0) is 11.0. The molecule has 4 heteroatoms. The largest absolute Gasteiger partial charge is 0.379 e. The summed E-state index contributed by atoms with van der Waals surface area (Å²) in [5.41, 5.74) is 1.02. The standard InChI is InChI=1S/C12H14N2OS/c16-11-7-14(9-3-2-6-15-8-9)12-10(11)4-1-5-13-12/h1,4-5,7,9,16H,2-3,6,8H2/t9-/m0/s1. The molecule has 84 valence electrons. The third kappa shape index (κ3) is 1.62. The van der Waals surface area contributed by atoms with Crippen molar-refractivity contribution in [3.63, 3.8) is 0 Å². The average molecular weight is 234 g/mol. The molecule has 1 aliphatic rings. The van der Waals surface area contributed by atoms with Gasteiger partial charge in [0.25, 0.3) is 0 Å². The normalized spacial score (nSPS) is 21.4. The molecule has 0 bridgehead atoms. The molecular weight excluding hydrogens is 220 g/mol. The number of ether oxygens (including phenoxy) is 1. The Hall–Kier alpha value is -1.00. The highest BCUT2D eigenvalue weighted by molar-refractivity contribution is 7.80. The van der Waals surface area contributed by atoms with Gasteiger partial charge in [-0.3, -0.25) is 0 Å². The number of hydrogen-bond acceptors (Lipinski definition) is 3. The molecule has 16 heavy (non-hydrogen) atoms. The lowest BCUT2D eigenvalue weighted by Crippen LogP contribution is -2.20. The number of hydrogen-bond donors (Lipinski definition) is 1. The van der Waals surface area contributed by atoms with Crippen molar-refractivity contribution in [3.05, 3.63) is 24.5 Å². The number of thiol groups is 1. The second-order valence-electron chi connectivity index (χ2n) is 4.17. The zero-order valence-corrected chi connectivity index (χ0v) is 9.86. The van der Waals surface area contributed by atoms with Gasteiger partial charge in [0, 0.05) is 29.3 Å². The van der Waals surface area contributed by atoms with Gasteiger partial charge in [0.05, 0.1) is 12.6 Å². The highest BCUT2D eigenvalue weighted by atomic mass is 32.1. The van der Waals surface area contributed by atoms with Crippen molar-refractivity contribution in [1.29, 1.82) is 0 Å². The molecule has 0 radical (unpaired) electrons. The molecule has 3 rings (SSSR count). The first-order chi connectivity index (χ1) is 7.86. The lowest BCUT2D eigenvalue weighted by atomic mass is 10.1. The smallest absolute Gasteiger partial charge is 0.141 e. The van der Waals surface area contributed by atoms with Crippen molar-refractivity contribution in [3.8, 4) is 0 Å². The molecule has 2 aromatic rings. The Bertz CT molecular complexity index is 503. The summed E-state index contributed by atoms with van der Waals surface area (Å²) in [5, 5.41) is 1.12. The van der Waals surface area contributed by atoms with E-state index in [0.717, 1.165) is 42.0 Å². The van der Waals surface area contributed by atoms with Gasteiger partial charge in [-0.25, -0.2) is 4.98 Å². The zero-order valence-electron chi connectivity index (χ0n) is 8.97. The summed E-state index contributed by atoms with van der Waals surface area (Å²) in [6.07, 6.45) is 6.18. The maximum atomic E-state index is 5.52. The quantitative estimate of drug-likeness (QED) is 0.768. The summed E-state index contributed by atoms with van der Waals surface area (Å²) in [6.45, 7) is 1.67. The van der Waals surface area contributed by atoms with Crippen LogP contribution in [0.3, 0.4) is 0 Å². The molecule has 1 saturated heterocycles. The first-order valence-corrected chi connectivity index (χ1v) is 6.03. The Labute approximate surface area is 99.8 Å². The topological polar surface area (TPSA) is 27.1 Å². The van der Waals surface area contributed by atoms with Crippen molar-refractivity contribution in [1.82, 2.24) is 9.55 Å². The van der Waals surface area contributed by atoms with E-state index in [1.165, 1.54) is 0 Å². The first kappa shape index (κ1) is 10.2. The third-order valence-electron chi connectivity index (χ3n) is 3.10. The van der Waals surface area contributed by atoms with E-state index in [9.17, 15) is 0 Å². The Morgan fingerprint density at radius 3 is 3.25 bits per heavy atom. The summed E-state index contributed by atoms with van der Waals surface area (Å²) in [7, 11) is 0. The third-order valence-corrected chi connectivity index (χ3v) is 3.45. The van der Waals surface area contributed by atoms with E-state index in [4.69, 9.17) is 4.74 Å². The summed E-state index contributed by atoms with van der Waals surface area (Å²) in [5.74, 6) is 0. The lowest BCUT2D eigenvalue weighted by Gasteiger charge is -2.23. The number of pyridine rings is 1. The summed E-state index contributed by atoms with van der Waals surface area (Å²) in [6, 6.07) is 4.42. The number of fused-ring (bicyclic) bond motifs is 1. The van der Waals surface area contributed by atoms with Crippen molar-refractivity contribution < 1.29 is 4.74 Å². The van der Waals surface area contributed by atoms with E-state index < -0.39 is 0 Å². The molecule has 3 heterocycles. The molecule has 1 atom stereocenters. The monoisotopic (exact) mass is 234 g/mol. The van der Waals surface area contributed by atoms with Crippen LogP contribution in [0.25, 0.3) is 11.0 Å². The molecule has 2 aromatic heterocycles. The molecule has 0 spiro atoms. The highest BCUT2D eigenvalue weighted by Crippen LogP contribution is 2.28. The van der Waals surface area contributed by atoms with E-state index in [1.54, 1.807) is 0 Å². The van der Waals surface area contributed by atoms with E-state index in [-0.39, 0.29) is 0 Å². The van der Waals surface area contributed by atoms with E-state index in [0.29, 0.717) is 6.04 Å². The molecule has 0 N–H and O–H groups in total. The van der Waals surface area contributed by atoms with Gasteiger partial charge in [0.1, 0.15) is 5.65 Å². The van der Waals surface area contributed by atoms with E-state index in [1.807, 2.05) is 12.3 Å². The minimum Gasteiger partial charge on any atom is -0.379 e. The predicted molar refractivity (Wildman–Crippen MR) is 66.1 cm³/mol. The van der Waals surface area contributed by atoms with Gasteiger partial charge < -0.3 is 9.30 Å². The Morgan fingerprint density at radius 2 is 2.44 bits per heavy atom. The number of rotatable bonds is 1. The number of nitrogens with zero attached hydrogens (tertiary/aromatic N) is 2. The highest BCUT2D eigenvalue weighted by Gasteiger charge is 2.18. The van der Waals surface area contributed by atoms with Crippen molar-refractivity contribution in [2.24, 2.45) is 0 Å². The molecule has 3 nitrogen and oxygen atoms in total. The van der Waals surface area contributed by atoms with Gasteiger partial charge in [-0.1, -0.05) is 0 Å². The van der Waals surface area contributed by atoms with Gasteiger partial charge in [0.15, 0.2) is 0 Å². The van der Waals surface area contributed by atoms with Crippen LogP contribution < -0.4 is 0 Å². The fourth-order valence-electron chi connectivity index (χ4n) is 2.29. The first-order valence-electron chi connectivity index (χ1n) is 5.58. The second kappa shape index (κ2) is 4.11. The van der Waals surface area contributed by atoms with Crippen LogP contribution in [0.1, 0.15) is 18.9 Å². The van der Waals surface area contributed by atoms with Crippen molar-refractivity contribution in [2.45, 2.75) is 23.8 Å². The summed E-state index contributed by atoms with van der Waals surface area (Å²) >= 11 is 4.49. The molecular formula is C12H14N2OS. The minimum atomic E-state index is 0.409. The fourth-order valence-corrected chi connectivity index (χ4v) is 2.59. The molecule has 0 amide bonds. The van der Waals surface area contributed by atoms with Crippen LogP contribution in [0.2, 0.25) is 0 Å². The van der Waals surface area contributed by atoms with Gasteiger partial charge >= 0.3 is 0 Å². The SMILES string of the molecule is Sc1cn([C@H]2CCCOC2)c2ncccc12. The summed E-state index contributed by atoms with van der Waals surface area (Å²) < 4.78 is 7.73. The van der Waals surface area contributed by atoms with Crippen LogP contribution in [0, 0.1) is 0 Å². The predicted octanol–water partition coefficient (Wildman–Crippen LogP) is 2.68. The Morgan fingerprint density at radius 1 is 1.50 bits per heavy atom. The van der Waals surface area contributed by atoms with Gasteiger partial charge in [-0.2, -0.15) is 0 Å². The van der Waals surface area contributed by atoms with E-state index >= 15 is 0 Å². The van der Waals surface area contributed by atoms with Crippen LogP contribution >= 0.6 is 12.6 Å². The van der Waals surface area contributed by atoms with Crippen molar-refractivity contribution in [2.75, 3.05) is 13.2 Å². The van der Waals surface area contributed by atoms with Crippen LogP contribution in [-0.4, -0.2) is 22.8 Å². The van der Waals surface area contributed by atoms with Gasteiger partial charge in [-0.05, 0) is 25.0 Å². The lowest BCUT2D eigenvalue weighted by molar-refractivity contribution is 0.0604. The maximum Gasteiger partial charge on any atom is 0.141 e. The van der Waals surface area contributed by atoms with Crippen LogP contribution in [0.15, 0.2) is 29.4 Å². The Kier molecular flexibility index (Phi) is 2.61. The molecule has 0 unspecified atom stereocenters. The fraction of sp³-hybridized carbons (Fsp3) is 0.417. The minimum absolute atomic E-state index is 0.409.